The summed E-state index contributed by atoms with van der Waals surface area (Å²) < 4.78 is 4.82. The molecule has 2 unspecified atom stereocenters. The van der Waals surface area contributed by atoms with Gasteiger partial charge in [-0.3, -0.25) is 4.79 Å². The molecular weight excluding hydrogens is 202 g/mol. The first kappa shape index (κ1) is 11.1. The molecule has 1 aromatic rings. The third-order valence-electron chi connectivity index (χ3n) is 2.24. The minimum Gasteiger partial charge on any atom is -0.472 e. The van der Waals surface area contributed by atoms with E-state index in [0.717, 1.165) is 0 Å². The van der Waals surface area contributed by atoms with Crippen molar-refractivity contribution in [1.29, 1.82) is 0 Å². The molecule has 78 valence electrons. The van der Waals surface area contributed by atoms with Gasteiger partial charge < -0.3 is 9.73 Å². The fraction of sp³-hybridized carbons (Fsp3) is 0.500. The second-order valence-corrected chi connectivity index (χ2v) is 3.71. The van der Waals surface area contributed by atoms with E-state index in [2.05, 4.69) is 5.32 Å². The number of carbonyl (C=O) groups is 1. The molecule has 0 aliphatic carbocycles. The monoisotopic (exact) mass is 215 g/mol. The standard InChI is InChI=1S/C10H14ClNO2/c1-7(5-11)8(2)12-10(13)9-3-4-14-6-9/h3-4,6-8H,5H2,1-2H3,(H,12,13). The van der Waals surface area contributed by atoms with Crippen LogP contribution >= 0.6 is 11.6 Å². The van der Waals surface area contributed by atoms with Crippen LogP contribution in [0.4, 0.5) is 0 Å². The number of hydrogen-bond acceptors (Lipinski definition) is 2. The normalized spacial score (nSPS) is 14.8. The zero-order chi connectivity index (χ0) is 10.6. The maximum absolute atomic E-state index is 11.5. The molecule has 0 spiro atoms. The molecule has 0 radical (unpaired) electrons. The fourth-order valence-corrected chi connectivity index (χ4v) is 1.23. The first-order valence-corrected chi connectivity index (χ1v) is 5.07. The molecule has 0 fully saturated rings. The van der Waals surface area contributed by atoms with Gasteiger partial charge in [0.1, 0.15) is 6.26 Å². The Morgan fingerprint density at radius 3 is 2.86 bits per heavy atom. The second kappa shape index (κ2) is 5.05. The molecule has 2 atom stereocenters. The van der Waals surface area contributed by atoms with Gasteiger partial charge in [0.25, 0.3) is 5.91 Å². The number of carbonyl (C=O) groups excluding carboxylic acids is 1. The average Bonchev–Trinajstić information content (AvgIpc) is 2.69. The van der Waals surface area contributed by atoms with E-state index in [0.29, 0.717) is 11.4 Å². The fourth-order valence-electron chi connectivity index (χ4n) is 0.960. The molecule has 14 heavy (non-hydrogen) atoms. The van der Waals surface area contributed by atoms with Crippen molar-refractivity contribution in [2.45, 2.75) is 19.9 Å². The molecule has 0 aromatic carbocycles. The smallest absolute Gasteiger partial charge is 0.254 e. The lowest BCUT2D eigenvalue weighted by molar-refractivity contribution is 0.0930. The SMILES string of the molecule is CC(CCl)C(C)NC(=O)c1ccoc1. The van der Waals surface area contributed by atoms with Crippen LogP contribution in [0.5, 0.6) is 0 Å². The molecule has 0 aliphatic heterocycles. The van der Waals surface area contributed by atoms with Gasteiger partial charge in [0, 0.05) is 11.9 Å². The van der Waals surface area contributed by atoms with Crippen molar-refractivity contribution in [3.63, 3.8) is 0 Å². The van der Waals surface area contributed by atoms with E-state index in [1.165, 1.54) is 12.5 Å². The van der Waals surface area contributed by atoms with Crippen LogP contribution < -0.4 is 5.32 Å². The van der Waals surface area contributed by atoms with E-state index in [4.69, 9.17) is 16.0 Å². The number of rotatable bonds is 4. The third kappa shape index (κ3) is 2.77. The number of halogens is 1. The van der Waals surface area contributed by atoms with Crippen molar-refractivity contribution in [3.8, 4) is 0 Å². The highest BCUT2D eigenvalue weighted by atomic mass is 35.5. The van der Waals surface area contributed by atoms with Gasteiger partial charge >= 0.3 is 0 Å². The van der Waals surface area contributed by atoms with Crippen molar-refractivity contribution in [2.24, 2.45) is 5.92 Å². The van der Waals surface area contributed by atoms with Crippen LogP contribution in [0.2, 0.25) is 0 Å². The van der Waals surface area contributed by atoms with Gasteiger partial charge in [-0.1, -0.05) is 6.92 Å². The Balaban J connectivity index is 2.49. The van der Waals surface area contributed by atoms with Crippen LogP contribution in [-0.4, -0.2) is 17.8 Å². The van der Waals surface area contributed by atoms with Gasteiger partial charge in [0.05, 0.1) is 11.8 Å². The molecule has 1 aromatic heterocycles. The van der Waals surface area contributed by atoms with Gasteiger partial charge in [-0.2, -0.15) is 0 Å². The molecule has 0 bridgehead atoms. The molecule has 0 saturated carbocycles. The van der Waals surface area contributed by atoms with Crippen molar-refractivity contribution in [3.05, 3.63) is 24.2 Å². The Kier molecular flexibility index (Phi) is 4.01. The Morgan fingerprint density at radius 1 is 1.64 bits per heavy atom. The highest BCUT2D eigenvalue weighted by molar-refractivity contribution is 6.18. The Morgan fingerprint density at radius 2 is 2.36 bits per heavy atom. The summed E-state index contributed by atoms with van der Waals surface area (Å²) in [7, 11) is 0. The number of nitrogens with one attached hydrogen (secondary N) is 1. The summed E-state index contributed by atoms with van der Waals surface area (Å²) in [5.41, 5.74) is 0.540. The zero-order valence-corrected chi connectivity index (χ0v) is 9.04. The van der Waals surface area contributed by atoms with Crippen molar-refractivity contribution in [2.75, 3.05) is 5.88 Å². The van der Waals surface area contributed by atoms with Crippen LogP contribution in [0.3, 0.4) is 0 Å². The van der Waals surface area contributed by atoms with Crippen LogP contribution in [0.1, 0.15) is 24.2 Å². The van der Waals surface area contributed by atoms with Crippen molar-refractivity contribution in [1.82, 2.24) is 5.32 Å². The van der Waals surface area contributed by atoms with E-state index in [1.54, 1.807) is 6.07 Å². The summed E-state index contributed by atoms with van der Waals surface area (Å²) in [5, 5.41) is 2.85. The van der Waals surface area contributed by atoms with Gasteiger partial charge in [-0.25, -0.2) is 0 Å². The molecule has 0 saturated heterocycles. The minimum absolute atomic E-state index is 0.0647. The van der Waals surface area contributed by atoms with Crippen molar-refractivity contribution >= 4 is 17.5 Å². The molecular formula is C10H14ClNO2. The van der Waals surface area contributed by atoms with Gasteiger partial charge in [0.2, 0.25) is 0 Å². The molecule has 1 heterocycles. The summed E-state index contributed by atoms with van der Waals surface area (Å²) >= 11 is 5.69. The van der Waals surface area contributed by atoms with Crippen LogP contribution in [-0.2, 0) is 0 Å². The summed E-state index contributed by atoms with van der Waals surface area (Å²) in [6, 6.07) is 1.70. The number of amides is 1. The zero-order valence-electron chi connectivity index (χ0n) is 8.29. The first-order chi connectivity index (χ1) is 6.65. The molecule has 3 nitrogen and oxygen atoms in total. The largest absolute Gasteiger partial charge is 0.472 e. The van der Waals surface area contributed by atoms with E-state index in [1.807, 2.05) is 13.8 Å². The molecule has 4 heteroatoms. The Bertz CT molecular complexity index is 284. The van der Waals surface area contributed by atoms with Gasteiger partial charge in [-0.05, 0) is 18.9 Å². The highest BCUT2D eigenvalue weighted by Crippen LogP contribution is 2.06. The number of alkyl halides is 1. The molecule has 1 rings (SSSR count). The number of furan rings is 1. The van der Waals surface area contributed by atoms with E-state index >= 15 is 0 Å². The topological polar surface area (TPSA) is 42.2 Å². The van der Waals surface area contributed by atoms with Crippen LogP contribution in [0.25, 0.3) is 0 Å². The summed E-state index contributed by atoms with van der Waals surface area (Å²) in [6.07, 6.45) is 2.90. The van der Waals surface area contributed by atoms with Gasteiger partial charge in [0.15, 0.2) is 0 Å². The quantitative estimate of drug-likeness (QED) is 0.783. The van der Waals surface area contributed by atoms with Crippen LogP contribution in [0.15, 0.2) is 23.0 Å². The predicted octanol–water partition coefficient (Wildman–Crippen LogP) is 2.27. The number of hydrogen-bond donors (Lipinski definition) is 1. The molecule has 1 N–H and O–H groups in total. The molecule has 1 amide bonds. The lowest BCUT2D eigenvalue weighted by Gasteiger charge is -2.18. The lowest BCUT2D eigenvalue weighted by atomic mass is 10.1. The first-order valence-electron chi connectivity index (χ1n) is 4.54. The maximum Gasteiger partial charge on any atom is 0.254 e. The van der Waals surface area contributed by atoms with E-state index in [9.17, 15) is 4.79 Å². The predicted molar refractivity (Wildman–Crippen MR) is 55.5 cm³/mol. The third-order valence-corrected chi connectivity index (χ3v) is 2.73. The van der Waals surface area contributed by atoms with Gasteiger partial charge in [-0.15, -0.1) is 11.6 Å². The Labute approximate surface area is 88.4 Å². The maximum atomic E-state index is 11.5. The second-order valence-electron chi connectivity index (χ2n) is 3.41. The summed E-state index contributed by atoms with van der Waals surface area (Å²) in [5.74, 6) is 0.669. The lowest BCUT2D eigenvalue weighted by Crippen LogP contribution is -2.37. The minimum atomic E-state index is -0.122. The van der Waals surface area contributed by atoms with Crippen molar-refractivity contribution < 1.29 is 9.21 Å². The van der Waals surface area contributed by atoms with E-state index in [-0.39, 0.29) is 17.9 Å². The summed E-state index contributed by atoms with van der Waals surface area (Å²) in [6.45, 7) is 3.93. The average molecular weight is 216 g/mol. The summed E-state index contributed by atoms with van der Waals surface area (Å²) in [4.78, 5) is 11.5. The van der Waals surface area contributed by atoms with E-state index < -0.39 is 0 Å². The Hall–Kier alpha value is -0.960. The molecule has 0 aliphatic rings. The van der Waals surface area contributed by atoms with Crippen LogP contribution in [0, 0.1) is 5.92 Å². The highest BCUT2D eigenvalue weighted by Gasteiger charge is 2.15.